The molecule has 2 rings (SSSR count). The fourth-order valence-electron chi connectivity index (χ4n) is 3.83. The van der Waals surface area contributed by atoms with Crippen molar-refractivity contribution in [1.82, 2.24) is 10.2 Å². The number of carbonyl (C=O) groups excluding carboxylic acids is 1. The van der Waals surface area contributed by atoms with Crippen LogP contribution < -0.4 is 11.1 Å². The zero-order valence-corrected chi connectivity index (χ0v) is 13.3. The highest BCUT2D eigenvalue weighted by atomic mass is 16.1. The average Bonchev–Trinajstić information content (AvgIpc) is 2.32. The molecule has 0 aromatic heterocycles. The molecule has 4 nitrogen and oxygen atoms in total. The lowest BCUT2D eigenvalue weighted by Gasteiger charge is -2.44. The molecule has 0 heterocycles. The van der Waals surface area contributed by atoms with Crippen LogP contribution in [0.3, 0.4) is 0 Å². The van der Waals surface area contributed by atoms with E-state index in [2.05, 4.69) is 31.1 Å². The van der Waals surface area contributed by atoms with Crippen LogP contribution in [0.15, 0.2) is 0 Å². The SMILES string of the molecule is CC(C)NC1(C(N)=O)CCCC(N(C)CC2CCC2)C1. The van der Waals surface area contributed by atoms with Gasteiger partial charge in [0.1, 0.15) is 0 Å². The highest BCUT2D eigenvalue weighted by Gasteiger charge is 2.42. The largest absolute Gasteiger partial charge is 0.368 e. The second-order valence-electron chi connectivity index (χ2n) is 7.23. The number of primary amides is 1. The molecule has 0 aromatic carbocycles. The Hall–Kier alpha value is -0.610. The molecule has 2 aliphatic rings. The molecule has 3 N–H and O–H groups in total. The van der Waals surface area contributed by atoms with Crippen molar-refractivity contribution in [2.75, 3.05) is 13.6 Å². The Kier molecular flexibility index (Phi) is 5.08. The van der Waals surface area contributed by atoms with Gasteiger partial charge in [-0.05, 0) is 65.3 Å². The van der Waals surface area contributed by atoms with E-state index in [0.717, 1.165) is 25.2 Å². The monoisotopic (exact) mass is 281 g/mol. The first-order valence-electron chi connectivity index (χ1n) is 8.21. The molecule has 2 unspecified atom stereocenters. The van der Waals surface area contributed by atoms with Crippen LogP contribution in [-0.2, 0) is 4.79 Å². The summed E-state index contributed by atoms with van der Waals surface area (Å²) in [7, 11) is 2.22. The zero-order valence-electron chi connectivity index (χ0n) is 13.3. The van der Waals surface area contributed by atoms with E-state index in [1.165, 1.54) is 32.2 Å². The van der Waals surface area contributed by atoms with E-state index in [0.29, 0.717) is 6.04 Å². The Balaban J connectivity index is 1.98. The maximum Gasteiger partial charge on any atom is 0.237 e. The fraction of sp³-hybridized carbons (Fsp3) is 0.938. The number of hydrogen-bond acceptors (Lipinski definition) is 3. The van der Waals surface area contributed by atoms with Crippen LogP contribution in [0.5, 0.6) is 0 Å². The van der Waals surface area contributed by atoms with Crippen LogP contribution in [0, 0.1) is 5.92 Å². The number of nitrogens with two attached hydrogens (primary N) is 1. The van der Waals surface area contributed by atoms with Gasteiger partial charge in [0, 0.05) is 18.6 Å². The quantitative estimate of drug-likeness (QED) is 0.781. The number of amides is 1. The minimum atomic E-state index is -0.495. The highest BCUT2D eigenvalue weighted by Crippen LogP contribution is 2.33. The molecule has 116 valence electrons. The van der Waals surface area contributed by atoms with E-state index in [4.69, 9.17) is 5.73 Å². The zero-order chi connectivity index (χ0) is 14.8. The lowest BCUT2D eigenvalue weighted by molar-refractivity contribution is -0.127. The van der Waals surface area contributed by atoms with Crippen molar-refractivity contribution in [3.8, 4) is 0 Å². The van der Waals surface area contributed by atoms with Gasteiger partial charge in [0.25, 0.3) is 0 Å². The molecular formula is C16H31N3O. The molecule has 1 amide bonds. The van der Waals surface area contributed by atoms with E-state index in [1.807, 2.05) is 0 Å². The topological polar surface area (TPSA) is 58.4 Å². The van der Waals surface area contributed by atoms with Gasteiger partial charge in [0.15, 0.2) is 0 Å². The van der Waals surface area contributed by atoms with Gasteiger partial charge in [-0.25, -0.2) is 0 Å². The average molecular weight is 281 g/mol. The van der Waals surface area contributed by atoms with Gasteiger partial charge in [-0.15, -0.1) is 0 Å². The molecule has 0 radical (unpaired) electrons. The van der Waals surface area contributed by atoms with Crippen molar-refractivity contribution >= 4 is 5.91 Å². The fourth-order valence-corrected chi connectivity index (χ4v) is 3.83. The summed E-state index contributed by atoms with van der Waals surface area (Å²) in [5.74, 6) is 0.705. The van der Waals surface area contributed by atoms with Crippen LogP contribution in [0.4, 0.5) is 0 Å². The Labute approximate surface area is 123 Å². The summed E-state index contributed by atoms with van der Waals surface area (Å²) in [5, 5.41) is 3.46. The maximum absolute atomic E-state index is 12.0. The molecule has 4 heteroatoms. The summed E-state index contributed by atoms with van der Waals surface area (Å²) in [5.41, 5.74) is 5.24. The van der Waals surface area contributed by atoms with Gasteiger partial charge < -0.3 is 16.0 Å². The number of carbonyl (C=O) groups is 1. The predicted octanol–water partition coefficient (Wildman–Crippen LogP) is 1.88. The predicted molar refractivity (Wildman–Crippen MR) is 82.4 cm³/mol. The first kappa shape index (κ1) is 15.8. The molecule has 0 saturated heterocycles. The second-order valence-corrected chi connectivity index (χ2v) is 7.23. The summed E-state index contributed by atoms with van der Waals surface area (Å²) in [6.45, 7) is 5.36. The van der Waals surface area contributed by atoms with Gasteiger partial charge >= 0.3 is 0 Å². The van der Waals surface area contributed by atoms with Gasteiger partial charge in [0.05, 0.1) is 5.54 Å². The minimum Gasteiger partial charge on any atom is -0.368 e. The second kappa shape index (κ2) is 6.44. The third-order valence-electron chi connectivity index (χ3n) is 5.16. The van der Waals surface area contributed by atoms with Gasteiger partial charge in [-0.1, -0.05) is 6.42 Å². The number of nitrogens with zero attached hydrogens (tertiary/aromatic N) is 1. The van der Waals surface area contributed by atoms with Crippen molar-refractivity contribution in [3.63, 3.8) is 0 Å². The number of hydrogen-bond donors (Lipinski definition) is 2. The smallest absolute Gasteiger partial charge is 0.237 e. The highest BCUT2D eigenvalue weighted by molar-refractivity contribution is 5.85. The number of rotatable bonds is 6. The summed E-state index contributed by atoms with van der Waals surface area (Å²) in [6, 6.07) is 0.779. The number of nitrogens with one attached hydrogen (secondary N) is 1. The standard InChI is InChI=1S/C16H31N3O/c1-12(2)18-16(15(17)20)9-5-8-14(10-16)19(3)11-13-6-4-7-13/h12-14,18H,4-11H2,1-3H3,(H2,17,20). The molecule has 2 atom stereocenters. The molecule has 2 aliphatic carbocycles. The summed E-state index contributed by atoms with van der Waals surface area (Å²) < 4.78 is 0. The normalized spacial score (nSPS) is 31.6. The van der Waals surface area contributed by atoms with E-state index in [-0.39, 0.29) is 11.9 Å². The van der Waals surface area contributed by atoms with Gasteiger partial charge in [-0.2, -0.15) is 0 Å². The third kappa shape index (κ3) is 3.53. The van der Waals surface area contributed by atoms with Crippen molar-refractivity contribution in [2.24, 2.45) is 11.7 Å². The van der Waals surface area contributed by atoms with E-state index in [9.17, 15) is 4.79 Å². The van der Waals surface area contributed by atoms with Crippen LogP contribution in [0.25, 0.3) is 0 Å². The Morgan fingerprint density at radius 3 is 2.55 bits per heavy atom. The lowest BCUT2D eigenvalue weighted by Crippen LogP contribution is -2.62. The molecule has 0 aromatic rings. The molecule has 2 fully saturated rings. The van der Waals surface area contributed by atoms with Crippen molar-refractivity contribution in [1.29, 1.82) is 0 Å². The first-order valence-corrected chi connectivity index (χ1v) is 8.21. The van der Waals surface area contributed by atoms with E-state index < -0.39 is 5.54 Å². The minimum absolute atomic E-state index is 0.173. The van der Waals surface area contributed by atoms with Gasteiger partial charge in [0.2, 0.25) is 5.91 Å². The Morgan fingerprint density at radius 2 is 2.05 bits per heavy atom. The lowest BCUT2D eigenvalue weighted by atomic mass is 9.76. The summed E-state index contributed by atoms with van der Waals surface area (Å²) in [4.78, 5) is 14.5. The molecule has 0 bridgehead atoms. The van der Waals surface area contributed by atoms with Crippen LogP contribution in [-0.4, -0.2) is 42.0 Å². The van der Waals surface area contributed by atoms with Crippen LogP contribution >= 0.6 is 0 Å². The summed E-state index contributed by atoms with van der Waals surface area (Å²) in [6.07, 6.45) is 8.17. The Bertz CT molecular complexity index is 341. The molecular weight excluding hydrogens is 250 g/mol. The molecule has 0 spiro atoms. The molecule has 20 heavy (non-hydrogen) atoms. The first-order chi connectivity index (χ1) is 9.43. The third-order valence-corrected chi connectivity index (χ3v) is 5.16. The van der Waals surface area contributed by atoms with Crippen LogP contribution in [0.1, 0.15) is 58.8 Å². The van der Waals surface area contributed by atoms with E-state index in [1.54, 1.807) is 0 Å². The van der Waals surface area contributed by atoms with Gasteiger partial charge in [-0.3, -0.25) is 4.79 Å². The molecule has 2 saturated carbocycles. The maximum atomic E-state index is 12.0. The van der Waals surface area contributed by atoms with Crippen molar-refractivity contribution in [2.45, 2.75) is 76.4 Å². The van der Waals surface area contributed by atoms with Crippen LogP contribution in [0.2, 0.25) is 0 Å². The van der Waals surface area contributed by atoms with Crippen molar-refractivity contribution < 1.29 is 4.79 Å². The molecule has 0 aliphatic heterocycles. The van der Waals surface area contributed by atoms with Crippen molar-refractivity contribution in [3.05, 3.63) is 0 Å². The summed E-state index contributed by atoms with van der Waals surface area (Å²) >= 11 is 0. The van der Waals surface area contributed by atoms with E-state index >= 15 is 0 Å². The Morgan fingerprint density at radius 1 is 1.35 bits per heavy atom.